The first-order chi connectivity index (χ1) is 11.3. The molecule has 1 amide bonds. The maximum Gasteiger partial charge on any atom is 0.419 e. The SMILES string of the molecule is O=C(Nc1nsc(SCc2ccccc2)n1)Oc1ccccc1. The van der Waals surface area contributed by atoms with E-state index in [2.05, 4.69) is 26.8 Å². The summed E-state index contributed by atoms with van der Waals surface area (Å²) in [6.07, 6.45) is -0.603. The summed E-state index contributed by atoms with van der Waals surface area (Å²) in [6.45, 7) is 0. The second kappa shape index (κ2) is 7.75. The van der Waals surface area contributed by atoms with Crippen LogP contribution >= 0.6 is 23.3 Å². The lowest BCUT2D eigenvalue weighted by Gasteiger charge is -2.02. The Morgan fingerprint density at radius 1 is 1.09 bits per heavy atom. The summed E-state index contributed by atoms with van der Waals surface area (Å²) in [5.41, 5.74) is 1.21. The van der Waals surface area contributed by atoms with Crippen LogP contribution in [-0.4, -0.2) is 15.5 Å². The third kappa shape index (κ3) is 4.80. The Hall–Kier alpha value is -2.38. The minimum Gasteiger partial charge on any atom is -0.410 e. The fourth-order valence-electron chi connectivity index (χ4n) is 1.75. The van der Waals surface area contributed by atoms with Crippen LogP contribution in [0, 0.1) is 0 Å². The minimum absolute atomic E-state index is 0.256. The number of carbonyl (C=O) groups excluding carboxylic acids is 1. The van der Waals surface area contributed by atoms with Crippen LogP contribution in [0.25, 0.3) is 0 Å². The van der Waals surface area contributed by atoms with Crippen molar-refractivity contribution in [3.05, 3.63) is 66.2 Å². The third-order valence-electron chi connectivity index (χ3n) is 2.78. The van der Waals surface area contributed by atoms with Crippen LogP contribution in [-0.2, 0) is 5.75 Å². The van der Waals surface area contributed by atoms with Gasteiger partial charge in [0.2, 0.25) is 5.95 Å². The highest BCUT2D eigenvalue weighted by Crippen LogP contribution is 2.25. The molecule has 0 bridgehead atoms. The maximum atomic E-state index is 11.8. The highest BCUT2D eigenvalue weighted by atomic mass is 32.2. The van der Waals surface area contributed by atoms with Crippen molar-refractivity contribution in [2.45, 2.75) is 10.1 Å². The molecule has 0 fully saturated rings. The number of ether oxygens (including phenoxy) is 1. The summed E-state index contributed by atoms with van der Waals surface area (Å²) >= 11 is 2.83. The zero-order chi connectivity index (χ0) is 15.9. The fraction of sp³-hybridized carbons (Fsp3) is 0.0625. The van der Waals surface area contributed by atoms with Crippen molar-refractivity contribution < 1.29 is 9.53 Å². The van der Waals surface area contributed by atoms with E-state index >= 15 is 0 Å². The van der Waals surface area contributed by atoms with Crippen molar-refractivity contribution in [3.63, 3.8) is 0 Å². The van der Waals surface area contributed by atoms with Gasteiger partial charge in [-0.2, -0.15) is 9.36 Å². The Morgan fingerprint density at radius 2 is 1.78 bits per heavy atom. The standard InChI is InChI=1S/C16H13N3O2S2/c20-15(21-13-9-5-2-6-10-13)17-14-18-16(23-19-14)22-11-12-7-3-1-4-8-12/h1-10H,11H2,(H,17,19,20). The number of nitrogens with zero attached hydrogens (tertiary/aromatic N) is 2. The molecule has 0 atom stereocenters. The van der Waals surface area contributed by atoms with Gasteiger partial charge in [0.25, 0.3) is 0 Å². The van der Waals surface area contributed by atoms with E-state index in [1.807, 2.05) is 24.3 Å². The number of aromatic nitrogens is 2. The number of thioether (sulfide) groups is 1. The lowest BCUT2D eigenvalue weighted by atomic mass is 10.2. The van der Waals surface area contributed by atoms with E-state index in [0.29, 0.717) is 5.75 Å². The number of hydrogen-bond donors (Lipinski definition) is 1. The van der Waals surface area contributed by atoms with E-state index in [1.165, 1.54) is 17.1 Å². The molecule has 116 valence electrons. The van der Waals surface area contributed by atoms with E-state index in [4.69, 9.17) is 4.74 Å². The summed E-state index contributed by atoms with van der Waals surface area (Å²) in [5.74, 6) is 1.54. The zero-order valence-corrected chi connectivity index (χ0v) is 13.6. The van der Waals surface area contributed by atoms with E-state index in [9.17, 15) is 4.79 Å². The summed E-state index contributed by atoms with van der Waals surface area (Å²) in [6, 6.07) is 19.0. The van der Waals surface area contributed by atoms with E-state index in [-0.39, 0.29) is 5.95 Å². The highest BCUT2D eigenvalue weighted by molar-refractivity contribution is 8.00. The van der Waals surface area contributed by atoms with Crippen LogP contribution in [0.3, 0.4) is 0 Å². The molecule has 5 nitrogen and oxygen atoms in total. The van der Waals surface area contributed by atoms with Gasteiger partial charge in [0.1, 0.15) is 5.75 Å². The Labute approximate surface area is 141 Å². The van der Waals surface area contributed by atoms with Gasteiger partial charge in [0, 0.05) is 5.75 Å². The monoisotopic (exact) mass is 343 g/mol. The molecule has 3 rings (SSSR count). The molecule has 23 heavy (non-hydrogen) atoms. The molecule has 0 radical (unpaired) electrons. The molecule has 2 aromatic carbocycles. The largest absolute Gasteiger partial charge is 0.419 e. The average molecular weight is 343 g/mol. The molecule has 0 saturated heterocycles. The minimum atomic E-state index is -0.603. The van der Waals surface area contributed by atoms with Gasteiger partial charge in [-0.05, 0) is 29.2 Å². The molecule has 0 unspecified atom stereocenters. The first-order valence-electron chi connectivity index (χ1n) is 6.84. The molecule has 0 aliphatic heterocycles. The highest BCUT2D eigenvalue weighted by Gasteiger charge is 2.10. The van der Waals surface area contributed by atoms with Gasteiger partial charge in [-0.1, -0.05) is 60.3 Å². The van der Waals surface area contributed by atoms with Crippen LogP contribution < -0.4 is 10.1 Å². The fourth-order valence-corrected chi connectivity index (χ4v) is 3.26. The van der Waals surface area contributed by atoms with Crippen LogP contribution in [0.1, 0.15) is 5.56 Å². The number of rotatable bonds is 5. The van der Waals surface area contributed by atoms with Gasteiger partial charge >= 0.3 is 6.09 Å². The second-order valence-corrected chi connectivity index (χ2v) is 6.46. The van der Waals surface area contributed by atoms with Crippen molar-refractivity contribution in [2.75, 3.05) is 5.32 Å². The molecule has 3 aromatic rings. The quantitative estimate of drug-likeness (QED) is 0.694. The number of para-hydroxylation sites is 1. The molecule has 1 aromatic heterocycles. The van der Waals surface area contributed by atoms with E-state index in [1.54, 1.807) is 36.0 Å². The summed E-state index contributed by atoms with van der Waals surface area (Å²) < 4.78 is 10.0. The predicted molar refractivity (Wildman–Crippen MR) is 92.0 cm³/mol. The lowest BCUT2D eigenvalue weighted by Crippen LogP contribution is -2.17. The molecule has 0 spiro atoms. The predicted octanol–water partition coefficient (Wildman–Crippen LogP) is 4.44. The molecule has 1 N–H and O–H groups in total. The van der Waals surface area contributed by atoms with Gasteiger partial charge in [-0.3, -0.25) is 5.32 Å². The van der Waals surface area contributed by atoms with E-state index in [0.717, 1.165) is 10.1 Å². The lowest BCUT2D eigenvalue weighted by molar-refractivity contribution is 0.215. The van der Waals surface area contributed by atoms with Crippen molar-refractivity contribution in [1.82, 2.24) is 9.36 Å². The van der Waals surface area contributed by atoms with Gasteiger partial charge in [-0.15, -0.1) is 0 Å². The first kappa shape index (κ1) is 15.5. The second-order valence-electron chi connectivity index (χ2n) is 4.49. The Kier molecular flexibility index (Phi) is 5.23. The van der Waals surface area contributed by atoms with Gasteiger partial charge in [-0.25, -0.2) is 4.79 Å². The molecule has 0 saturated carbocycles. The van der Waals surface area contributed by atoms with Gasteiger partial charge in [0.05, 0.1) is 0 Å². The molecule has 7 heteroatoms. The number of benzene rings is 2. The van der Waals surface area contributed by atoms with Crippen molar-refractivity contribution in [3.8, 4) is 5.75 Å². The number of carbonyl (C=O) groups is 1. The molecule has 1 heterocycles. The van der Waals surface area contributed by atoms with Crippen molar-refractivity contribution in [1.29, 1.82) is 0 Å². The Balaban J connectivity index is 1.52. The van der Waals surface area contributed by atoms with E-state index < -0.39 is 6.09 Å². The van der Waals surface area contributed by atoms with Gasteiger partial charge < -0.3 is 4.74 Å². The Bertz CT molecular complexity index is 763. The Morgan fingerprint density at radius 3 is 2.52 bits per heavy atom. The third-order valence-corrected chi connectivity index (χ3v) is 4.68. The number of nitrogens with one attached hydrogen (secondary N) is 1. The molecule has 0 aliphatic carbocycles. The molecular formula is C16H13N3O2S2. The number of amides is 1. The summed E-state index contributed by atoms with van der Waals surface area (Å²) in [7, 11) is 0. The number of anilines is 1. The van der Waals surface area contributed by atoms with Crippen molar-refractivity contribution in [2.24, 2.45) is 0 Å². The van der Waals surface area contributed by atoms with Crippen LogP contribution in [0.15, 0.2) is 65.0 Å². The molecular weight excluding hydrogens is 330 g/mol. The topological polar surface area (TPSA) is 64.1 Å². The number of hydrogen-bond acceptors (Lipinski definition) is 6. The first-order valence-corrected chi connectivity index (χ1v) is 8.60. The van der Waals surface area contributed by atoms with Crippen LogP contribution in [0.2, 0.25) is 0 Å². The summed E-state index contributed by atoms with van der Waals surface area (Å²) in [5, 5.41) is 2.52. The molecule has 0 aliphatic rings. The smallest absolute Gasteiger partial charge is 0.410 e. The normalized spacial score (nSPS) is 10.3. The van der Waals surface area contributed by atoms with Gasteiger partial charge in [0.15, 0.2) is 4.34 Å². The maximum absolute atomic E-state index is 11.8. The van der Waals surface area contributed by atoms with Crippen molar-refractivity contribution >= 4 is 35.3 Å². The van der Waals surface area contributed by atoms with Crippen LogP contribution in [0.4, 0.5) is 10.7 Å². The van der Waals surface area contributed by atoms with Crippen LogP contribution in [0.5, 0.6) is 5.75 Å². The zero-order valence-electron chi connectivity index (χ0n) is 12.0. The summed E-state index contributed by atoms with van der Waals surface area (Å²) in [4.78, 5) is 16.0. The average Bonchev–Trinajstić information content (AvgIpc) is 3.02.